The van der Waals surface area contributed by atoms with Gasteiger partial charge in [-0.05, 0) is 50.4 Å². The lowest BCUT2D eigenvalue weighted by Crippen LogP contribution is -2.40. The minimum atomic E-state index is -3.20. The summed E-state index contributed by atoms with van der Waals surface area (Å²) in [5.74, 6) is 0. The first-order valence-corrected chi connectivity index (χ1v) is 8.64. The van der Waals surface area contributed by atoms with Gasteiger partial charge in [0.1, 0.15) is 0 Å². The predicted molar refractivity (Wildman–Crippen MR) is 78.1 cm³/mol. The summed E-state index contributed by atoms with van der Waals surface area (Å²) >= 11 is 0. The quantitative estimate of drug-likeness (QED) is 0.902. The van der Waals surface area contributed by atoms with E-state index in [1.165, 1.54) is 0 Å². The van der Waals surface area contributed by atoms with E-state index in [2.05, 4.69) is 12.2 Å². The lowest BCUT2D eigenvalue weighted by Gasteiger charge is -2.21. The van der Waals surface area contributed by atoms with Crippen molar-refractivity contribution in [3.05, 3.63) is 29.8 Å². The third kappa shape index (κ3) is 3.18. The van der Waals surface area contributed by atoms with Gasteiger partial charge in [-0.3, -0.25) is 0 Å². The van der Waals surface area contributed by atoms with Crippen LogP contribution in [0.3, 0.4) is 0 Å². The van der Waals surface area contributed by atoms with Gasteiger partial charge < -0.3 is 5.32 Å². The number of hydrogen-bond acceptors (Lipinski definition) is 3. The number of nitrogens with one attached hydrogen (secondary N) is 1. The summed E-state index contributed by atoms with van der Waals surface area (Å²) in [6, 6.07) is 7.37. The molecule has 19 heavy (non-hydrogen) atoms. The third-order valence-corrected chi connectivity index (χ3v) is 6.10. The maximum Gasteiger partial charge on any atom is 0.182 e. The normalized spacial score (nSPS) is 23.7. The van der Waals surface area contributed by atoms with Gasteiger partial charge in [0.05, 0.1) is 10.1 Å². The molecule has 2 unspecified atom stereocenters. The minimum Gasteiger partial charge on any atom is -0.313 e. The number of hydrogen-bond donors (Lipinski definition) is 1. The van der Waals surface area contributed by atoms with Crippen molar-refractivity contribution in [3.8, 4) is 0 Å². The SMILES string of the molecule is CCCNC1CCCC1S(=O)(=O)c1cccc(C)c1. The van der Waals surface area contributed by atoms with Gasteiger partial charge in [0.25, 0.3) is 0 Å². The van der Waals surface area contributed by atoms with Crippen molar-refractivity contribution in [2.45, 2.75) is 55.7 Å². The van der Waals surface area contributed by atoms with Crippen LogP contribution in [0.5, 0.6) is 0 Å². The molecule has 0 aromatic heterocycles. The maximum atomic E-state index is 12.7. The van der Waals surface area contributed by atoms with Crippen LogP contribution in [0.1, 0.15) is 38.2 Å². The molecule has 4 heteroatoms. The lowest BCUT2D eigenvalue weighted by atomic mass is 10.2. The van der Waals surface area contributed by atoms with E-state index in [0.29, 0.717) is 4.90 Å². The van der Waals surface area contributed by atoms with Crippen molar-refractivity contribution in [3.63, 3.8) is 0 Å². The molecule has 0 bridgehead atoms. The second-order valence-corrected chi connectivity index (χ2v) is 7.56. The molecule has 1 aromatic carbocycles. The summed E-state index contributed by atoms with van der Waals surface area (Å²) in [7, 11) is -3.20. The molecule has 0 radical (unpaired) electrons. The third-order valence-electron chi connectivity index (χ3n) is 3.83. The highest BCUT2D eigenvalue weighted by Crippen LogP contribution is 2.30. The molecule has 0 heterocycles. The van der Waals surface area contributed by atoms with Crippen molar-refractivity contribution in [1.82, 2.24) is 5.32 Å². The Bertz CT molecular complexity index is 525. The second-order valence-electron chi connectivity index (χ2n) is 5.39. The number of benzene rings is 1. The van der Waals surface area contributed by atoms with Crippen molar-refractivity contribution < 1.29 is 8.42 Å². The Kier molecular flexibility index (Phi) is 4.63. The van der Waals surface area contributed by atoms with Gasteiger partial charge in [-0.15, -0.1) is 0 Å². The van der Waals surface area contributed by atoms with Gasteiger partial charge in [0.2, 0.25) is 0 Å². The molecular formula is C15H23NO2S. The van der Waals surface area contributed by atoms with Crippen LogP contribution in [0.2, 0.25) is 0 Å². The maximum absolute atomic E-state index is 12.7. The molecule has 1 aromatic rings. The van der Waals surface area contributed by atoms with Crippen molar-refractivity contribution in [1.29, 1.82) is 0 Å². The van der Waals surface area contributed by atoms with Gasteiger partial charge in [-0.25, -0.2) is 8.42 Å². The average Bonchev–Trinajstić information content (AvgIpc) is 2.85. The predicted octanol–water partition coefficient (Wildman–Crippen LogP) is 2.69. The molecule has 106 valence electrons. The molecule has 0 saturated heterocycles. The van der Waals surface area contributed by atoms with Crippen molar-refractivity contribution in [2.75, 3.05) is 6.54 Å². The molecule has 2 rings (SSSR count). The topological polar surface area (TPSA) is 46.2 Å². The Hall–Kier alpha value is -0.870. The minimum absolute atomic E-state index is 0.116. The van der Waals surface area contributed by atoms with Crippen molar-refractivity contribution >= 4 is 9.84 Å². The first-order chi connectivity index (χ1) is 9.05. The van der Waals surface area contributed by atoms with E-state index >= 15 is 0 Å². The van der Waals surface area contributed by atoms with E-state index < -0.39 is 9.84 Å². The second kappa shape index (κ2) is 6.06. The standard InChI is InChI=1S/C15H23NO2S/c1-3-10-16-14-8-5-9-15(14)19(17,18)13-7-4-6-12(2)11-13/h4,6-7,11,14-16H,3,5,8-10H2,1-2H3. The lowest BCUT2D eigenvalue weighted by molar-refractivity contribution is 0.505. The fraction of sp³-hybridized carbons (Fsp3) is 0.600. The summed E-state index contributed by atoms with van der Waals surface area (Å²) in [6.45, 7) is 4.93. The highest BCUT2D eigenvalue weighted by atomic mass is 32.2. The zero-order chi connectivity index (χ0) is 13.9. The number of aryl methyl sites for hydroxylation is 1. The Balaban J connectivity index is 2.23. The summed E-state index contributed by atoms with van der Waals surface area (Å²) in [4.78, 5) is 0.475. The molecule has 1 aliphatic carbocycles. The fourth-order valence-corrected chi connectivity index (χ4v) is 4.94. The molecule has 2 atom stereocenters. The molecule has 0 spiro atoms. The van der Waals surface area contributed by atoms with Crippen molar-refractivity contribution in [2.24, 2.45) is 0 Å². The number of rotatable bonds is 5. The van der Waals surface area contributed by atoms with E-state index in [1.807, 2.05) is 19.1 Å². The first-order valence-electron chi connectivity index (χ1n) is 7.09. The summed E-state index contributed by atoms with van der Waals surface area (Å²) in [6.07, 6.45) is 3.78. The zero-order valence-electron chi connectivity index (χ0n) is 11.7. The highest BCUT2D eigenvalue weighted by Gasteiger charge is 2.37. The summed E-state index contributed by atoms with van der Waals surface area (Å²) in [5.41, 5.74) is 0.997. The van der Waals surface area contributed by atoms with Crippen LogP contribution in [0.4, 0.5) is 0 Å². The molecule has 1 N–H and O–H groups in total. The average molecular weight is 281 g/mol. The van der Waals surface area contributed by atoms with Gasteiger partial charge in [-0.1, -0.05) is 25.5 Å². The fourth-order valence-electron chi connectivity index (χ4n) is 2.83. The zero-order valence-corrected chi connectivity index (χ0v) is 12.5. The monoisotopic (exact) mass is 281 g/mol. The largest absolute Gasteiger partial charge is 0.313 e. The molecule has 0 aliphatic heterocycles. The molecule has 3 nitrogen and oxygen atoms in total. The summed E-state index contributed by atoms with van der Waals surface area (Å²) < 4.78 is 25.4. The molecule has 1 saturated carbocycles. The molecule has 1 fully saturated rings. The highest BCUT2D eigenvalue weighted by molar-refractivity contribution is 7.92. The Morgan fingerprint density at radius 2 is 2.11 bits per heavy atom. The van der Waals surface area contributed by atoms with Crippen LogP contribution in [0.15, 0.2) is 29.2 Å². The smallest absolute Gasteiger partial charge is 0.182 e. The van der Waals surface area contributed by atoms with E-state index in [1.54, 1.807) is 12.1 Å². The van der Waals surface area contributed by atoms with Crippen LogP contribution in [0, 0.1) is 6.92 Å². The molecular weight excluding hydrogens is 258 g/mol. The van der Waals surface area contributed by atoms with Crippen LogP contribution < -0.4 is 5.32 Å². The summed E-state index contributed by atoms with van der Waals surface area (Å²) in [5, 5.41) is 3.13. The van der Waals surface area contributed by atoms with E-state index in [-0.39, 0.29) is 11.3 Å². The van der Waals surface area contributed by atoms with Gasteiger partial charge in [0, 0.05) is 6.04 Å². The number of sulfone groups is 1. The van der Waals surface area contributed by atoms with E-state index in [9.17, 15) is 8.42 Å². The Morgan fingerprint density at radius 1 is 1.32 bits per heavy atom. The first kappa shape index (κ1) is 14.5. The van der Waals surface area contributed by atoms with Gasteiger partial charge >= 0.3 is 0 Å². The molecule has 0 amide bonds. The van der Waals surface area contributed by atoms with Crippen LogP contribution >= 0.6 is 0 Å². The van der Waals surface area contributed by atoms with E-state index in [0.717, 1.165) is 37.8 Å². The van der Waals surface area contributed by atoms with Crippen LogP contribution in [-0.2, 0) is 9.84 Å². The Labute approximate surface area is 116 Å². The van der Waals surface area contributed by atoms with Crippen LogP contribution in [0.25, 0.3) is 0 Å². The van der Waals surface area contributed by atoms with Gasteiger partial charge in [-0.2, -0.15) is 0 Å². The van der Waals surface area contributed by atoms with Crippen LogP contribution in [-0.4, -0.2) is 26.3 Å². The Morgan fingerprint density at radius 3 is 2.79 bits per heavy atom. The molecule has 1 aliphatic rings. The van der Waals surface area contributed by atoms with Gasteiger partial charge in [0.15, 0.2) is 9.84 Å². The van der Waals surface area contributed by atoms with E-state index in [4.69, 9.17) is 0 Å².